The summed E-state index contributed by atoms with van der Waals surface area (Å²) in [5.41, 5.74) is 10.1. The number of carbonyl (C=O) groups excluding carboxylic acids is 1. The van der Waals surface area contributed by atoms with E-state index in [0.29, 0.717) is 16.9 Å². The van der Waals surface area contributed by atoms with Crippen molar-refractivity contribution in [3.8, 4) is 11.1 Å². The molecule has 0 aliphatic carbocycles. The molecule has 28 heavy (non-hydrogen) atoms. The monoisotopic (exact) mass is 375 g/mol. The van der Waals surface area contributed by atoms with E-state index in [-0.39, 0.29) is 24.1 Å². The van der Waals surface area contributed by atoms with Gasteiger partial charge < -0.3 is 11.1 Å². The van der Waals surface area contributed by atoms with E-state index in [1.807, 2.05) is 36.4 Å². The number of halogens is 1. The summed E-state index contributed by atoms with van der Waals surface area (Å²) >= 11 is 0. The maximum Gasteiger partial charge on any atom is 0.240 e. The average Bonchev–Trinajstić information content (AvgIpc) is 3.04. The maximum absolute atomic E-state index is 13.6. The van der Waals surface area contributed by atoms with Gasteiger partial charge in [-0.2, -0.15) is 4.98 Å². The fourth-order valence-electron chi connectivity index (χ4n) is 2.95. The molecule has 2 aromatic carbocycles. The fourth-order valence-corrected chi connectivity index (χ4v) is 2.95. The Balaban J connectivity index is 1.46. The topological polar surface area (TPSA) is 85.3 Å². The Bertz CT molecular complexity index is 1170. The van der Waals surface area contributed by atoms with Crippen molar-refractivity contribution in [3.05, 3.63) is 77.7 Å². The van der Waals surface area contributed by atoms with Crippen LogP contribution in [0.5, 0.6) is 0 Å². The lowest BCUT2D eigenvalue weighted by Gasteiger charge is -2.08. The van der Waals surface area contributed by atoms with Crippen molar-refractivity contribution < 1.29 is 9.18 Å². The highest BCUT2D eigenvalue weighted by Gasteiger charge is 2.08. The van der Waals surface area contributed by atoms with E-state index in [4.69, 9.17) is 5.73 Å². The molecule has 0 bridgehead atoms. The van der Waals surface area contributed by atoms with Crippen LogP contribution < -0.4 is 11.1 Å². The van der Waals surface area contributed by atoms with Crippen molar-refractivity contribution in [1.29, 1.82) is 0 Å². The van der Waals surface area contributed by atoms with Gasteiger partial charge in [0.1, 0.15) is 5.82 Å². The van der Waals surface area contributed by atoms with E-state index < -0.39 is 0 Å². The molecule has 1 amide bonds. The molecule has 0 fully saturated rings. The molecular weight excluding hydrogens is 357 g/mol. The number of nitrogens with one attached hydrogen (secondary N) is 1. The van der Waals surface area contributed by atoms with Crippen molar-refractivity contribution in [1.82, 2.24) is 14.6 Å². The van der Waals surface area contributed by atoms with Gasteiger partial charge in [0.05, 0.1) is 6.42 Å². The molecule has 0 radical (unpaired) electrons. The molecule has 2 heterocycles. The second-order valence-corrected chi connectivity index (χ2v) is 6.57. The van der Waals surface area contributed by atoms with Gasteiger partial charge in [0.25, 0.3) is 0 Å². The van der Waals surface area contributed by atoms with Crippen LogP contribution in [0, 0.1) is 12.7 Å². The SMILES string of the molecule is Cc1ccc(NC(=O)Cc2ccc(-c3ccn4nc(N)nc4c3)cc2)cc1F. The number of nitrogens with two attached hydrogens (primary N) is 1. The van der Waals surface area contributed by atoms with E-state index in [9.17, 15) is 9.18 Å². The predicted molar refractivity (Wildman–Crippen MR) is 106 cm³/mol. The van der Waals surface area contributed by atoms with Crippen molar-refractivity contribution in [2.45, 2.75) is 13.3 Å². The van der Waals surface area contributed by atoms with Gasteiger partial charge in [-0.1, -0.05) is 30.3 Å². The molecule has 3 N–H and O–H groups in total. The summed E-state index contributed by atoms with van der Waals surface area (Å²) in [4.78, 5) is 16.4. The summed E-state index contributed by atoms with van der Waals surface area (Å²) in [6.45, 7) is 1.68. The molecule has 0 saturated heterocycles. The Hall–Kier alpha value is -3.74. The lowest BCUT2D eigenvalue weighted by molar-refractivity contribution is -0.115. The number of aromatic nitrogens is 3. The van der Waals surface area contributed by atoms with E-state index in [0.717, 1.165) is 16.7 Å². The molecule has 0 spiro atoms. The molecule has 0 aliphatic rings. The van der Waals surface area contributed by atoms with Crippen LogP contribution in [0.15, 0.2) is 60.8 Å². The zero-order valence-electron chi connectivity index (χ0n) is 15.2. The molecule has 0 atom stereocenters. The Labute approximate surface area is 160 Å². The Kier molecular flexibility index (Phi) is 4.49. The van der Waals surface area contributed by atoms with Gasteiger partial charge in [-0.15, -0.1) is 5.10 Å². The first-order valence-corrected chi connectivity index (χ1v) is 8.75. The third-order valence-electron chi connectivity index (χ3n) is 4.46. The van der Waals surface area contributed by atoms with Gasteiger partial charge >= 0.3 is 0 Å². The molecule has 4 rings (SSSR count). The normalized spacial score (nSPS) is 10.9. The summed E-state index contributed by atoms with van der Waals surface area (Å²) in [7, 11) is 0. The van der Waals surface area contributed by atoms with Crippen LogP contribution in [0.3, 0.4) is 0 Å². The summed E-state index contributed by atoms with van der Waals surface area (Å²) < 4.78 is 15.2. The first kappa shape index (κ1) is 17.7. The zero-order chi connectivity index (χ0) is 19.7. The Morgan fingerprint density at radius 3 is 2.64 bits per heavy atom. The smallest absolute Gasteiger partial charge is 0.240 e. The summed E-state index contributed by atoms with van der Waals surface area (Å²) in [5, 5.41) is 6.77. The molecule has 7 heteroatoms. The molecule has 0 aliphatic heterocycles. The Morgan fingerprint density at radius 2 is 1.89 bits per heavy atom. The van der Waals surface area contributed by atoms with Gasteiger partial charge in [-0.3, -0.25) is 4.79 Å². The lowest BCUT2D eigenvalue weighted by Crippen LogP contribution is -2.14. The van der Waals surface area contributed by atoms with Crippen molar-refractivity contribution in [2.75, 3.05) is 11.1 Å². The number of pyridine rings is 1. The highest BCUT2D eigenvalue weighted by atomic mass is 19.1. The quantitative estimate of drug-likeness (QED) is 0.571. The van der Waals surface area contributed by atoms with Crippen molar-refractivity contribution >= 4 is 23.2 Å². The zero-order valence-corrected chi connectivity index (χ0v) is 15.2. The number of fused-ring (bicyclic) bond motifs is 1. The molecule has 4 aromatic rings. The fraction of sp³-hybridized carbons (Fsp3) is 0.0952. The van der Waals surface area contributed by atoms with E-state index >= 15 is 0 Å². The first-order valence-electron chi connectivity index (χ1n) is 8.75. The molecule has 6 nitrogen and oxygen atoms in total. The number of aryl methyl sites for hydroxylation is 1. The number of carbonyl (C=O) groups is 1. The predicted octanol–water partition coefficient (Wildman–Crippen LogP) is 3.61. The van der Waals surface area contributed by atoms with Gasteiger partial charge in [0, 0.05) is 11.9 Å². The van der Waals surface area contributed by atoms with Crippen LogP contribution in [0.4, 0.5) is 16.0 Å². The first-order chi connectivity index (χ1) is 13.5. The van der Waals surface area contributed by atoms with Crippen molar-refractivity contribution in [2.24, 2.45) is 0 Å². The third-order valence-corrected chi connectivity index (χ3v) is 4.46. The molecule has 0 unspecified atom stereocenters. The lowest BCUT2D eigenvalue weighted by atomic mass is 10.0. The minimum Gasteiger partial charge on any atom is -0.366 e. The third kappa shape index (κ3) is 3.68. The summed E-state index contributed by atoms with van der Waals surface area (Å²) in [6, 6.07) is 16.2. The largest absolute Gasteiger partial charge is 0.366 e. The Morgan fingerprint density at radius 1 is 1.11 bits per heavy atom. The van der Waals surface area contributed by atoms with Crippen LogP contribution in [0.2, 0.25) is 0 Å². The molecule has 140 valence electrons. The average molecular weight is 375 g/mol. The minimum atomic E-state index is -0.339. The van der Waals surface area contributed by atoms with Crippen LogP contribution in [-0.4, -0.2) is 20.5 Å². The highest BCUT2D eigenvalue weighted by Crippen LogP contribution is 2.21. The number of rotatable bonds is 4. The van der Waals surface area contributed by atoms with E-state index in [1.54, 1.807) is 29.8 Å². The number of benzene rings is 2. The number of hydrogen-bond donors (Lipinski definition) is 2. The highest BCUT2D eigenvalue weighted by molar-refractivity contribution is 5.92. The van der Waals surface area contributed by atoms with Gasteiger partial charge in [0.2, 0.25) is 11.9 Å². The number of nitrogen functional groups attached to an aromatic ring is 1. The van der Waals surface area contributed by atoms with Crippen LogP contribution >= 0.6 is 0 Å². The minimum absolute atomic E-state index is 0.198. The van der Waals surface area contributed by atoms with E-state index in [2.05, 4.69) is 15.4 Å². The van der Waals surface area contributed by atoms with Gasteiger partial charge in [-0.25, -0.2) is 8.91 Å². The molecule has 2 aromatic heterocycles. The molecule has 0 saturated carbocycles. The summed E-state index contributed by atoms with van der Waals surface area (Å²) in [5.74, 6) is -0.308. The van der Waals surface area contributed by atoms with Crippen LogP contribution in [-0.2, 0) is 11.2 Å². The number of hydrogen-bond acceptors (Lipinski definition) is 4. The van der Waals surface area contributed by atoms with E-state index in [1.165, 1.54) is 6.07 Å². The number of nitrogens with zero attached hydrogens (tertiary/aromatic N) is 3. The summed E-state index contributed by atoms with van der Waals surface area (Å²) in [6.07, 6.45) is 2.01. The van der Waals surface area contributed by atoms with Gasteiger partial charge in [-0.05, 0) is 53.4 Å². The number of amides is 1. The van der Waals surface area contributed by atoms with Crippen molar-refractivity contribution in [3.63, 3.8) is 0 Å². The maximum atomic E-state index is 13.6. The second-order valence-electron chi connectivity index (χ2n) is 6.57. The molecular formula is C21H18FN5O. The number of anilines is 2. The van der Waals surface area contributed by atoms with Crippen LogP contribution in [0.1, 0.15) is 11.1 Å². The van der Waals surface area contributed by atoms with Gasteiger partial charge in [0.15, 0.2) is 5.65 Å². The standard InChI is InChI=1S/C21H18FN5O/c1-13-2-7-17(12-18(13)22)24-20(28)10-14-3-5-15(6-4-14)16-8-9-27-19(11-16)25-21(23)26-27/h2-9,11-12H,10H2,1H3,(H2,23,26)(H,24,28). The van der Waals surface area contributed by atoms with Crippen LogP contribution in [0.25, 0.3) is 16.8 Å². The second kappa shape index (κ2) is 7.11.